The Balaban J connectivity index is 2.01. The number of nitrogens with zero attached hydrogens (tertiary/aromatic N) is 1. The lowest BCUT2D eigenvalue weighted by molar-refractivity contribution is 0.0925. The standard InChI is InChI=1S/C14H15BrN2O2/c15-6-9-19-10-8-17-14(18)12-5-1-3-11-4-2-7-16-13(11)12/h1-5,7H,6,8-10H2,(H,17,18). The Hall–Kier alpha value is -1.46. The molecule has 0 atom stereocenters. The third-order valence-electron chi connectivity index (χ3n) is 2.63. The molecule has 0 fully saturated rings. The predicted molar refractivity (Wildman–Crippen MR) is 78.7 cm³/mol. The Morgan fingerprint density at radius 3 is 2.95 bits per heavy atom. The quantitative estimate of drug-likeness (QED) is 0.656. The van der Waals surface area contributed by atoms with Gasteiger partial charge >= 0.3 is 0 Å². The lowest BCUT2D eigenvalue weighted by Gasteiger charge is -2.07. The molecule has 1 heterocycles. The molecule has 0 unspecified atom stereocenters. The first-order chi connectivity index (χ1) is 9.33. The van der Waals surface area contributed by atoms with E-state index in [-0.39, 0.29) is 5.91 Å². The van der Waals surface area contributed by atoms with E-state index in [1.807, 2.05) is 24.3 Å². The minimum absolute atomic E-state index is 0.119. The number of hydrogen-bond acceptors (Lipinski definition) is 3. The van der Waals surface area contributed by atoms with E-state index >= 15 is 0 Å². The van der Waals surface area contributed by atoms with Gasteiger partial charge in [-0.05, 0) is 12.1 Å². The lowest BCUT2D eigenvalue weighted by Crippen LogP contribution is -2.27. The Kier molecular flexibility index (Phi) is 5.30. The van der Waals surface area contributed by atoms with Crippen molar-refractivity contribution in [1.82, 2.24) is 10.3 Å². The van der Waals surface area contributed by atoms with Crippen LogP contribution in [0.5, 0.6) is 0 Å². The number of nitrogens with one attached hydrogen (secondary N) is 1. The maximum Gasteiger partial charge on any atom is 0.253 e. The number of ether oxygens (including phenoxy) is 1. The van der Waals surface area contributed by atoms with E-state index in [1.54, 1.807) is 12.3 Å². The van der Waals surface area contributed by atoms with Crippen molar-refractivity contribution in [2.45, 2.75) is 0 Å². The van der Waals surface area contributed by atoms with Crippen LogP contribution in [0.25, 0.3) is 10.9 Å². The number of pyridine rings is 1. The van der Waals surface area contributed by atoms with Crippen LogP contribution in [0.3, 0.4) is 0 Å². The number of rotatable bonds is 6. The van der Waals surface area contributed by atoms with Crippen LogP contribution in [-0.4, -0.2) is 36.0 Å². The fraction of sp³-hybridized carbons (Fsp3) is 0.286. The SMILES string of the molecule is O=C(NCCOCCBr)c1cccc2cccnc12. The number of amides is 1. The van der Waals surface area contributed by atoms with Crippen LogP contribution in [0.2, 0.25) is 0 Å². The first-order valence-electron chi connectivity index (χ1n) is 6.08. The average Bonchev–Trinajstić information content (AvgIpc) is 2.46. The molecule has 0 aliphatic heterocycles. The fourth-order valence-corrected chi connectivity index (χ4v) is 2.00. The highest BCUT2D eigenvalue weighted by Gasteiger charge is 2.09. The van der Waals surface area contributed by atoms with E-state index in [9.17, 15) is 4.79 Å². The molecule has 4 nitrogen and oxygen atoms in total. The van der Waals surface area contributed by atoms with E-state index in [0.717, 1.165) is 16.2 Å². The molecule has 5 heteroatoms. The molecule has 19 heavy (non-hydrogen) atoms. The second-order valence-electron chi connectivity index (χ2n) is 3.94. The lowest BCUT2D eigenvalue weighted by atomic mass is 10.1. The molecule has 0 saturated carbocycles. The summed E-state index contributed by atoms with van der Waals surface area (Å²) in [6, 6.07) is 9.39. The van der Waals surface area contributed by atoms with Gasteiger partial charge < -0.3 is 10.1 Å². The highest BCUT2D eigenvalue weighted by Crippen LogP contribution is 2.15. The van der Waals surface area contributed by atoms with Crippen molar-refractivity contribution >= 4 is 32.7 Å². The molecule has 1 aromatic carbocycles. The molecule has 100 valence electrons. The summed E-state index contributed by atoms with van der Waals surface area (Å²) in [4.78, 5) is 16.3. The van der Waals surface area contributed by atoms with Gasteiger partial charge in [-0.2, -0.15) is 0 Å². The number of carbonyl (C=O) groups is 1. The molecular formula is C14H15BrN2O2. The fourth-order valence-electron chi connectivity index (χ4n) is 1.78. The molecular weight excluding hydrogens is 308 g/mol. The van der Waals surface area contributed by atoms with Crippen LogP contribution in [-0.2, 0) is 4.74 Å². The number of carbonyl (C=O) groups excluding carboxylic acids is 1. The van der Waals surface area contributed by atoms with E-state index in [4.69, 9.17) is 4.74 Å². The van der Waals surface area contributed by atoms with Gasteiger partial charge in [-0.1, -0.05) is 34.1 Å². The summed E-state index contributed by atoms with van der Waals surface area (Å²) >= 11 is 3.27. The molecule has 0 bridgehead atoms. The van der Waals surface area contributed by atoms with Crippen molar-refractivity contribution in [3.63, 3.8) is 0 Å². The van der Waals surface area contributed by atoms with Crippen LogP contribution in [0.1, 0.15) is 10.4 Å². The van der Waals surface area contributed by atoms with E-state index in [0.29, 0.717) is 25.3 Å². The molecule has 1 N–H and O–H groups in total. The highest BCUT2D eigenvalue weighted by atomic mass is 79.9. The topological polar surface area (TPSA) is 51.2 Å². The molecule has 0 aliphatic rings. The Morgan fingerprint density at radius 1 is 1.26 bits per heavy atom. The zero-order valence-electron chi connectivity index (χ0n) is 10.4. The third-order valence-corrected chi connectivity index (χ3v) is 2.95. The molecule has 2 aromatic rings. The van der Waals surface area contributed by atoms with Crippen LogP contribution in [0.15, 0.2) is 36.5 Å². The predicted octanol–water partition coefficient (Wildman–Crippen LogP) is 2.38. The summed E-state index contributed by atoms with van der Waals surface area (Å²) in [5, 5.41) is 4.59. The van der Waals surface area contributed by atoms with Crippen LogP contribution in [0.4, 0.5) is 0 Å². The van der Waals surface area contributed by atoms with Gasteiger partial charge in [-0.25, -0.2) is 0 Å². The summed E-state index contributed by atoms with van der Waals surface area (Å²) in [7, 11) is 0. The minimum Gasteiger partial charge on any atom is -0.379 e. The maximum absolute atomic E-state index is 12.1. The number of alkyl halides is 1. The van der Waals surface area contributed by atoms with Crippen LogP contribution < -0.4 is 5.32 Å². The highest BCUT2D eigenvalue weighted by molar-refractivity contribution is 9.09. The summed E-state index contributed by atoms with van der Waals surface area (Å²) in [5.41, 5.74) is 1.32. The first kappa shape index (κ1) is 14.0. The first-order valence-corrected chi connectivity index (χ1v) is 7.20. The normalized spacial score (nSPS) is 10.6. The van der Waals surface area contributed by atoms with Crippen molar-refractivity contribution in [2.24, 2.45) is 0 Å². The van der Waals surface area contributed by atoms with Gasteiger partial charge in [0.15, 0.2) is 0 Å². The number of aromatic nitrogens is 1. The largest absolute Gasteiger partial charge is 0.379 e. The van der Waals surface area contributed by atoms with E-state index in [2.05, 4.69) is 26.2 Å². The van der Waals surface area contributed by atoms with E-state index < -0.39 is 0 Å². The third kappa shape index (κ3) is 3.75. The van der Waals surface area contributed by atoms with Crippen molar-refractivity contribution in [1.29, 1.82) is 0 Å². The minimum atomic E-state index is -0.119. The van der Waals surface area contributed by atoms with Gasteiger partial charge in [0.2, 0.25) is 0 Å². The number of para-hydroxylation sites is 1. The van der Waals surface area contributed by atoms with Gasteiger partial charge in [-0.3, -0.25) is 9.78 Å². The van der Waals surface area contributed by atoms with Gasteiger partial charge in [0, 0.05) is 23.5 Å². The van der Waals surface area contributed by atoms with E-state index in [1.165, 1.54) is 0 Å². The van der Waals surface area contributed by atoms with Crippen LogP contribution in [0, 0.1) is 0 Å². The summed E-state index contributed by atoms with van der Waals surface area (Å²) < 4.78 is 5.28. The summed E-state index contributed by atoms with van der Waals surface area (Å²) in [6.45, 7) is 1.65. The number of halogens is 1. The zero-order chi connectivity index (χ0) is 13.5. The van der Waals surface area contributed by atoms with Gasteiger partial charge in [0.25, 0.3) is 5.91 Å². The zero-order valence-corrected chi connectivity index (χ0v) is 12.0. The molecule has 2 rings (SSSR count). The number of benzene rings is 1. The molecule has 1 aromatic heterocycles. The van der Waals surface area contributed by atoms with Crippen molar-refractivity contribution in [3.05, 3.63) is 42.1 Å². The molecule has 0 spiro atoms. The monoisotopic (exact) mass is 322 g/mol. The average molecular weight is 323 g/mol. The van der Waals surface area contributed by atoms with Crippen molar-refractivity contribution < 1.29 is 9.53 Å². The summed E-state index contributed by atoms with van der Waals surface area (Å²) in [6.07, 6.45) is 1.69. The van der Waals surface area contributed by atoms with Gasteiger partial charge in [-0.15, -0.1) is 0 Å². The second-order valence-corrected chi connectivity index (χ2v) is 4.73. The Morgan fingerprint density at radius 2 is 2.11 bits per heavy atom. The Labute approximate surface area is 120 Å². The number of hydrogen-bond donors (Lipinski definition) is 1. The molecule has 0 radical (unpaired) electrons. The molecule has 1 amide bonds. The smallest absolute Gasteiger partial charge is 0.253 e. The number of fused-ring (bicyclic) bond motifs is 1. The van der Waals surface area contributed by atoms with Crippen LogP contribution >= 0.6 is 15.9 Å². The summed E-state index contributed by atoms with van der Waals surface area (Å²) in [5.74, 6) is -0.119. The Bertz CT molecular complexity index is 555. The van der Waals surface area contributed by atoms with Crippen molar-refractivity contribution in [2.75, 3.05) is 25.1 Å². The molecule has 0 aliphatic carbocycles. The van der Waals surface area contributed by atoms with Crippen molar-refractivity contribution in [3.8, 4) is 0 Å². The molecule has 0 saturated heterocycles. The second kappa shape index (κ2) is 7.21. The van der Waals surface area contributed by atoms with Gasteiger partial charge in [0.05, 0.1) is 24.3 Å². The van der Waals surface area contributed by atoms with Gasteiger partial charge in [0.1, 0.15) is 0 Å². The maximum atomic E-state index is 12.1.